The Morgan fingerprint density at radius 1 is 0.309 bits per heavy atom. The van der Waals surface area contributed by atoms with Crippen molar-refractivity contribution in [1.82, 2.24) is 0 Å². The maximum Gasteiger partial charge on any atom is 0.159 e. The van der Waals surface area contributed by atoms with Gasteiger partial charge in [-0.1, -0.05) is 164 Å². The van der Waals surface area contributed by atoms with Crippen molar-refractivity contribution in [2.45, 2.75) is 0 Å². The van der Waals surface area contributed by atoms with E-state index in [4.69, 9.17) is 8.83 Å². The highest BCUT2D eigenvalue weighted by molar-refractivity contribution is 6.28. The van der Waals surface area contributed by atoms with Crippen molar-refractivity contribution < 1.29 is 8.83 Å². The molecule has 2 heterocycles. The molecule has 0 saturated carbocycles. The molecule has 11 rings (SSSR count). The van der Waals surface area contributed by atoms with Crippen LogP contribution in [0.2, 0.25) is 0 Å². The minimum Gasteiger partial charge on any atom is -0.455 e. The van der Waals surface area contributed by atoms with Crippen LogP contribution in [0.5, 0.6) is 0 Å². The SMILES string of the molecule is c1ccc(-c2ccc(N(c3ccc(-c4c(-c5ccccc5)oc5c6ccccc6c6ccccc6c45)cc3)c3cccc4c3oc3ccccc34)cc2)cc1. The number of para-hydroxylation sites is 2. The molecular formula is C52H33NO2. The van der Waals surface area contributed by atoms with Gasteiger partial charge in [0.05, 0.1) is 5.69 Å². The first kappa shape index (κ1) is 31.2. The molecule has 0 aliphatic rings. The van der Waals surface area contributed by atoms with Gasteiger partial charge in [-0.25, -0.2) is 0 Å². The monoisotopic (exact) mass is 703 g/mol. The van der Waals surface area contributed by atoms with Crippen LogP contribution in [0.4, 0.5) is 17.1 Å². The number of benzene rings is 9. The molecule has 55 heavy (non-hydrogen) atoms. The van der Waals surface area contributed by atoms with Crippen molar-refractivity contribution >= 4 is 71.5 Å². The minimum atomic E-state index is 0.852. The molecule has 258 valence electrons. The molecule has 0 spiro atoms. The van der Waals surface area contributed by atoms with Gasteiger partial charge in [0, 0.05) is 44.0 Å². The van der Waals surface area contributed by atoms with Gasteiger partial charge in [-0.15, -0.1) is 0 Å². The van der Waals surface area contributed by atoms with Crippen LogP contribution in [-0.2, 0) is 0 Å². The number of nitrogens with zero attached hydrogens (tertiary/aromatic N) is 1. The van der Waals surface area contributed by atoms with Crippen molar-refractivity contribution in [2.75, 3.05) is 4.90 Å². The summed E-state index contributed by atoms with van der Waals surface area (Å²) in [5.74, 6) is 0.866. The number of hydrogen-bond donors (Lipinski definition) is 0. The average Bonchev–Trinajstić information content (AvgIpc) is 3.86. The topological polar surface area (TPSA) is 29.5 Å². The third kappa shape index (κ3) is 5.05. The predicted octanol–water partition coefficient (Wildman–Crippen LogP) is 15.1. The lowest BCUT2D eigenvalue weighted by Crippen LogP contribution is -2.10. The Morgan fingerprint density at radius 2 is 0.800 bits per heavy atom. The number of furan rings is 2. The second kappa shape index (κ2) is 12.6. The van der Waals surface area contributed by atoms with Crippen molar-refractivity contribution in [3.05, 3.63) is 200 Å². The smallest absolute Gasteiger partial charge is 0.159 e. The van der Waals surface area contributed by atoms with Crippen LogP contribution in [0.15, 0.2) is 209 Å². The Labute approximate surface area is 317 Å². The van der Waals surface area contributed by atoms with Crippen LogP contribution < -0.4 is 4.90 Å². The van der Waals surface area contributed by atoms with E-state index in [-0.39, 0.29) is 0 Å². The highest BCUT2D eigenvalue weighted by Crippen LogP contribution is 2.48. The Bertz CT molecular complexity index is 3180. The molecule has 11 aromatic rings. The molecule has 0 radical (unpaired) electrons. The molecule has 3 nitrogen and oxygen atoms in total. The summed E-state index contributed by atoms with van der Waals surface area (Å²) in [4.78, 5) is 2.30. The number of rotatable bonds is 6. The zero-order valence-electron chi connectivity index (χ0n) is 29.8. The van der Waals surface area contributed by atoms with E-state index in [1.807, 2.05) is 12.1 Å². The van der Waals surface area contributed by atoms with Crippen LogP contribution in [0.3, 0.4) is 0 Å². The van der Waals surface area contributed by atoms with Crippen molar-refractivity contribution in [2.24, 2.45) is 0 Å². The molecule has 2 aromatic heterocycles. The predicted molar refractivity (Wildman–Crippen MR) is 229 cm³/mol. The molecule has 0 amide bonds. The fourth-order valence-corrected chi connectivity index (χ4v) is 8.34. The molecule has 0 atom stereocenters. The van der Waals surface area contributed by atoms with Gasteiger partial charge in [0.2, 0.25) is 0 Å². The van der Waals surface area contributed by atoms with Crippen LogP contribution in [0.25, 0.3) is 88.0 Å². The van der Waals surface area contributed by atoms with Crippen LogP contribution >= 0.6 is 0 Å². The molecule has 9 aromatic carbocycles. The summed E-state index contributed by atoms with van der Waals surface area (Å²) in [6.45, 7) is 0. The minimum absolute atomic E-state index is 0.852. The third-order valence-corrected chi connectivity index (χ3v) is 10.9. The Hall–Kier alpha value is -7.36. The largest absolute Gasteiger partial charge is 0.455 e. The van der Waals surface area contributed by atoms with Gasteiger partial charge in [-0.2, -0.15) is 0 Å². The lowest BCUT2D eigenvalue weighted by atomic mass is 9.92. The number of anilines is 3. The second-order valence-electron chi connectivity index (χ2n) is 14.0. The quantitative estimate of drug-likeness (QED) is 0.162. The van der Waals surface area contributed by atoms with E-state index in [0.717, 1.165) is 77.8 Å². The lowest BCUT2D eigenvalue weighted by molar-refractivity contribution is 0.636. The number of fused-ring (bicyclic) bond motifs is 9. The third-order valence-electron chi connectivity index (χ3n) is 10.9. The van der Waals surface area contributed by atoms with E-state index >= 15 is 0 Å². The molecule has 0 aliphatic carbocycles. The van der Waals surface area contributed by atoms with Crippen molar-refractivity contribution in [3.8, 4) is 33.6 Å². The summed E-state index contributed by atoms with van der Waals surface area (Å²) in [7, 11) is 0. The molecule has 3 heteroatoms. The summed E-state index contributed by atoms with van der Waals surface area (Å²) in [6, 6.07) is 70.6. The fraction of sp³-hybridized carbons (Fsp3) is 0. The highest BCUT2D eigenvalue weighted by atomic mass is 16.3. The zero-order chi connectivity index (χ0) is 36.3. The normalized spacial score (nSPS) is 11.6. The summed E-state index contributed by atoms with van der Waals surface area (Å²) in [6.07, 6.45) is 0. The van der Waals surface area contributed by atoms with Gasteiger partial charge >= 0.3 is 0 Å². The van der Waals surface area contributed by atoms with Gasteiger partial charge in [0.25, 0.3) is 0 Å². The van der Waals surface area contributed by atoms with Crippen LogP contribution in [-0.4, -0.2) is 0 Å². The van der Waals surface area contributed by atoms with Gasteiger partial charge in [-0.05, 0) is 69.2 Å². The average molecular weight is 704 g/mol. The summed E-state index contributed by atoms with van der Waals surface area (Å²) < 4.78 is 13.6. The first-order valence-electron chi connectivity index (χ1n) is 18.7. The first-order chi connectivity index (χ1) is 27.3. The van der Waals surface area contributed by atoms with Gasteiger partial charge in [0.1, 0.15) is 16.9 Å². The molecule has 0 unspecified atom stereocenters. The van der Waals surface area contributed by atoms with E-state index in [1.165, 1.54) is 27.3 Å². The van der Waals surface area contributed by atoms with Crippen molar-refractivity contribution in [3.63, 3.8) is 0 Å². The number of hydrogen-bond acceptors (Lipinski definition) is 3. The maximum absolute atomic E-state index is 6.98. The van der Waals surface area contributed by atoms with Crippen LogP contribution in [0, 0.1) is 0 Å². The fourth-order valence-electron chi connectivity index (χ4n) is 8.34. The highest BCUT2D eigenvalue weighted by Gasteiger charge is 2.24. The second-order valence-corrected chi connectivity index (χ2v) is 14.0. The Kier molecular flexibility index (Phi) is 7.17. The molecule has 0 aliphatic heterocycles. The van der Waals surface area contributed by atoms with E-state index < -0.39 is 0 Å². The summed E-state index contributed by atoms with van der Waals surface area (Å²) in [5.41, 5.74) is 11.2. The van der Waals surface area contributed by atoms with Crippen LogP contribution in [0.1, 0.15) is 0 Å². The molecular weight excluding hydrogens is 671 g/mol. The standard InChI is InChI=1S/C52H33NO2/c1-3-14-34(15-4-1)35-26-30-38(31-27-35)53(46-24-13-23-45-42-20-11-12-25-47(42)54-51(45)46)39-32-28-36(29-33-39)48-49-43-21-9-7-18-40(43)41-19-8-10-22-44(41)52(49)55-50(48)37-16-5-2-6-17-37/h1-33H. The summed E-state index contributed by atoms with van der Waals surface area (Å²) in [5, 5.41) is 8.02. The van der Waals surface area contributed by atoms with E-state index in [2.05, 4.69) is 193 Å². The van der Waals surface area contributed by atoms with Gasteiger partial charge in [-0.3, -0.25) is 0 Å². The van der Waals surface area contributed by atoms with E-state index in [1.54, 1.807) is 0 Å². The molecule has 0 fully saturated rings. The zero-order valence-corrected chi connectivity index (χ0v) is 29.8. The lowest BCUT2D eigenvalue weighted by Gasteiger charge is -2.26. The Morgan fingerprint density at radius 3 is 1.49 bits per heavy atom. The van der Waals surface area contributed by atoms with Crippen molar-refractivity contribution in [1.29, 1.82) is 0 Å². The molecule has 0 saturated heterocycles. The maximum atomic E-state index is 6.98. The Balaban J connectivity index is 1.13. The molecule has 0 bridgehead atoms. The van der Waals surface area contributed by atoms with Gasteiger partial charge in [0.15, 0.2) is 5.58 Å². The van der Waals surface area contributed by atoms with E-state index in [9.17, 15) is 0 Å². The van der Waals surface area contributed by atoms with E-state index in [0.29, 0.717) is 0 Å². The molecule has 0 N–H and O–H groups in total. The first-order valence-corrected chi connectivity index (χ1v) is 18.7. The van der Waals surface area contributed by atoms with Gasteiger partial charge < -0.3 is 13.7 Å². The summed E-state index contributed by atoms with van der Waals surface area (Å²) >= 11 is 0.